The predicted octanol–water partition coefficient (Wildman–Crippen LogP) is 2.60. The Morgan fingerprint density at radius 3 is 2.75 bits per heavy atom. The number of rotatable bonds is 3. The molecular formula is C16H27N3O. The summed E-state index contributed by atoms with van der Waals surface area (Å²) in [6, 6.07) is 1.37. The van der Waals surface area contributed by atoms with Gasteiger partial charge in [-0.25, -0.2) is 4.98 Å². The molecule has 0 N–H and O–H groups in total. The first-order valence-electron chi connectivity index (χ1n) is 7.95. The van der Waals surface area contributed by atoms with E-state index in [1.165, 1.54) is 32.5 Å². The molecule has 1 aromatic rings. The van der Waals surface area contributed by atoms with Crippen LogP contribution in [-0.4, -0.2) is 46.5 Å². The Morgan fingerprint density at radius 1 is 1.30 bits per heavy atom. The Kier molecular flexibility index (Phi) is 3.87. The lowest BCUT2D eigenvalue weighted by molar-refractivity contribution is 0.0187. The number of aromatic nitrogens is 1. The van der Waals surface area contributed by atoms with Crippen LogP contribution in [0.1, 0.15) is 44.0 Å². The Morgan fingerprint density at radius 2 is 2.10 bits per heavy atom. The second-order valence-electron chi connectivity index (χ2n) is 6.78. The van der Waals surface area contributed by atoms with E-state index >= 15 is 0 Å². The standard InChI is InChI=1S/C16H27N3O/c1-11(2)15-9-18-7-5-6-14(18)8-19(15)10-16-17-12(3)13(4)20-16/h11,14-15H,5-10H2,1-4H3. The summed E-state index contributed by atoms with van der Waals surface area (Å²) in [6.45, 7) is 13.2. The molecule has 0 aromatic carbocycles. The van der Waals surface area contributed by atoms with E-state index < -0.39 is 0 Å². The number of hydrogen-bond donors (Lipinski definition) is 0. The highest BCUT2D eigenvalue weighted by Crippen LogP contribution is 2.28. The van der Waals surface area contributed by atoms with Gasteiger partial charge in [-0.05, 0) is 39.2 Å². The molecule has 2 saturated heterocycles. The van der Waals surface area contributed by atoms with Crippen molar-refractivity contribution in [2.45, 2.75) is 59.2 Å². The van der Waals surface area contributed by atoms with Gasteiger partial charge >= 0.3 is 0 Å². The molecule has 2 aliphatic heterocycles. The van der Waals surface area contributed by atoms with Crippen LogP contribution >= 0.6 is 0 Å². The average molecular weight is 277 g/mol. The lowest BCUT2D eigenvalue weighted by Crippen LogP contribution is -2.57. The maximum Gasteiger partial charge on any atom is 0.208 e. The number of fused-ring (bicyclic) bond motifs is 1. The van der Waals surface area contributed by atoms with E-state index in [9.17, 15) is 0 Å². The van der Waals surface area contributed by atoms with Crippen LogP contribution < -0.4 is 0 Å². The molecule has 2 atom stereocenters. The third kappa shape index (κ3) is 2.63. The van der Waals surface area contributed by atoms with E-state index in [0.717, 1.165) is 29.9 Å². The van der Waals surface area contributed by atoms with Gasteiger partial charge in [0.05, 0.1) is 12.2 Å². The Bertz CT molecular complexity index is 449. The molecule has 112 valence electrons. The highest BCUT2D eigenvalue weighted by Gasteiger charge is 2.37. The van der Waals surface area contributed by atoms with Crippen molar-refractivity contribution in [2.75, 3.05) is 19.6 Å². The molecule has 2 unspecified atom stereocenters. The third-order valence-electron chi connectivity index (χ3n) is 5.02. The summed E-state index contributed by atoms with van der Waals surface area (Å²) >= 11 is 0. The van der Waals surface area contributed by atoms with Crippen molar-refractivity contribution in [3.8, 4) is 0 Å². The van der Waals surface area contributed by atoms with Crippen molar-refractivity contribution in [3.05, 3.63) is 17.3 Å². The number of aryl methyl sites for hydroxylation is 2. The molecule has 0 saturated carbocycles. The van der Waals surface area contributed by atoms with Crippen LogP contribution in [0, 0.1) is 19.8 Å². The van der Waals surface area contributed by atoms with E-state index in [0.29, 0.717) is 12.0 Å². The number of oxazole rings is 1. The first-order valence-corrected chi connectivity index (χ1v) is 7.95. The van der Waals surface area contributed by atoms with Crippen molar-refractivity contribution in [2.24, 2.45) is 5.92 Å². The van der Waals surface area contributed by atoms with Gasteiger partial charge in [-0.3, -0.25) is 9.80 Å². The molecule has 0 amide bonds. The molecule has 1 aromatic heterocycles. The maximum absolute atomic E-state index is 5.79. The van der Waals surface area contributed by atoms with Crippen LogP contribution in [0.25, 0.3) is 0 Å². The zero-order chi connectivity index (χ0) is 14.3. The molecule has 20 heavy (non-hydrogen) atoms. The highest BCUT2D eigenvalue weighted by molar-refractivity contribution is 5.06. The van der Waals surface area contributed by atoms with Crippen LogP contribution in [0.5, 0.6) is 0 Å². The average Bonchev–Trinajstić information content (AvgIpc) is 2.95. The van der Waals surface area contributed by atoms with Crippen molar-refractivity contribution in [1.29, 1.82) is 0 Å². The molecule has 2 aliphatic rings. The van der Waals surface area contributed by atoms with Gasteiger partial charge in [0.25, 0.3) is 0 Å². The van der Waals surface area contributed by atoms with Crippen LogP contribution in [0.3, 0.4) is 0 Å². The van der Waals surface area contributed by atoms with Gasteiger partial charge in [-0.15, -0.1) is 0 Å². The normalized spacial score (nSPS) is 28.2. The minimum absolute atomic E-state index is 0.622. The van der Waals surface area contributed by atoms with Gasteiger partial charge in [-0.2, -0.15) is 0 Å². The molecule has 2 fully saturated rings. The summed E-state index contributed by atoms with van der Waals surface area (Å²) in [5, 5.41) is 0. The number of hydrogen-bond acceptors (Lipinski definition) is 4. The van der Waals surface area contributed by atoms with Crippen molar-refractivity contribution < 1.29 is 4.42 Å². The zero-order valence-electron chi connectivity index (χ0n) is 13.2. The number of piperazine rings is 1. The first-order chi connectivity index (χ1) is 9.54. The summed E-state index contributed by atoms with van der Waals surface area (Å²) in [7, 11) is 0. The van der Waals surface area contributed by atoms with Crippen molar-refractivity contribution in [3.63, 3.8) is 0 Å². The fraction of sp³-hybridized carbons (Fsp3) is 0.812. The third-order valence-corrected chi connectivity index (χ3v) is 5.02. The maximum atomic E-state index is 5.79. The van der Waals surface area contributed by atoms with E-state index in [2.05, 4.69) is 28.6 Å². The minimum Gasteiger partial charge on any atom is -0.444 e. The van der Waals surface area contributed by atoms with Crippen LogP contribution in [0.2, 0.25) is 0 Å². The largest absolute Gasteiger partial charge is 0.444 e. The van der Waals surface area contributed by atoms with Gasteiger partial charge in [0.15, 0.2) is 0 Å². The Hall–Kier alpha value is -0.870. The summed E-state index contributed by atoms with van der Waals surface area (Å²) in [5.41, 5.74) is 1.03. The molecular weight excluding hydrogens is 250 g/mol. The lowest BCUT2D eigenvalue weighted by Gasteiger charge is -2.45. The molecule has 0 radical (unpaired) electrons. The van der Waals surface area contributed by atoms with E-state index in [1.54, 1.807) is 0 Å². The zero-order valence-corrected chi connectivity index (χ0v) is 13.2. The second kappa shape index (κ2) is 5.49. The molecule has 0 bridgehead atoms. The molecule has 3 heterocycles. The number of nitrogens with zero attached hydrogens (tertiary/aromatic N) is 3. The van der Waals surface area contributed by atoms with Gasteiger partial charge in [0.2, 0.25) is 5.89 Å². The SMILES string of the molecule is Cc1nc(CN2CC3CCCN3CC2C(C)C)oc1C. The van der Waals surface area contributed by atoms with E-state index in [4.69, 9.17) is 4.42 Å². The summed E-state index contributed by atoms with van der Waals surface area (Å²) in [4.78, 5) is 9.85. The molecule has 3 rings (SSSR count). The van der Waals surface area contributed by atoms with Crippen molar-refractivity contribution in [1.82, 2.24) is 14.8 Å². The molecule has 0 spiro atoms. The van der Waals surface area contributed by atoms with Crippen LogP contribution in [0.4, 0.5) is 0 Å². The van der Waals surface area contributed by atoms with Gasteiger partial charge < -0.3 is 4.42 Å². The minimum atomic E-state index is 0.622. The van der Waals surface area contributed by atoms with Crippen LogP contribution in [-0.2, 0) is 6.54 Å². The Labute approximate surface area is 122 Å². The quantitative estimate of drug-likeness (QED) is 0.850. The summed E-state index contributed by atoms with van der Waals surface area (Å²) < 4.78 is 5.79. The first kappa shape index (κ1) is 14.1. The van der Waals surface area contributed by atoms with E-state index in [1.807, 2.05) is 13.8 Å². The fourth-order valence-corrected chi connectivity index (χ4v) is 3.70. The van der Waals surface area contributed by atoms with Crippen molar-refractivity contribution >= 4 is 0 Å². The summed E-state index contributed by atoms with van der Waals surface area (Å²) in [6.07, 6.45) is 2.71. The fourth-order valence-electron chi connectivity index (χ4n) is 3.70. The summed E-state index contributed by atoms with van der Waals surface area (Å²) in [5.74, 6) is 2.52. The second-order valence-corrected chi connectivity index (χ2v) is 6.78. The molecule has 0 aliphatic carbocycles. The smallest absolute Gasteiger partial charge is 0.208 e. The van der Waals surface area contributed by atoms with E-state index in [-0.39, 0.29) is 0 Å². The molecule has 4 nitrogen and oxygen atoms in total. The highest BCUT2D eigenvalue weighted by atomic mass is 16.4. The van der Waals surface area contributed by atoms with Gasteiger partial charge in [-0.1, -0.05) is 13.8 Å². The topological polar surface area (TPSA) is 32.5 Å². The van der Waals surface area contributed by atoms with Crippen LogP contribution in [0.15, 0.2) is 4.42 Å². The predicted molar refractivity (Wildman–Crippen MR) is 79.6 cm³/mol. The lowest BCUT2D eigenvalue weighted by atomic mass is 9.97. The van der Waals surface area contributed by atoms with Gasteiger partial charge in [0.1, 0.15) is 5.76 Å². The van der Waals surface area contributed by atoms with Gasteiger partial charge in [0, 0.05) is 25.2 Å². The monoisotopic (exact) mass is 277 g/mol. The Balaban J connectivity index is 1.74. The molecule has 4 heteroatoms.